The molecule has 0 saturated heterocycles. The van der Waals surface area contributed by atoms with E-state index >= 15 is 0 Å². The highest BCUT2D eigenvalue weighted by molar-refractivity contribution is 9.10. The van der Waals surface area contributed by atoms with Gasteiger partial charge in [-0.1, -0.05) is 42.5 Å². The van der Waals surface area contributed by atoms with Crippen LogP contribution < -0.4 is 10.9 Å². The molecule has 0 aliphatic rings. The Kier molecular flexibility index (Phi) is 5.05. The Hall–Kier alpha value is -2.47. The zero-order valence-electron chi connectivity index (χ0n) is 12.7. The van der Waals surface area contributed by atoms with Gasteiger partial charge in [-0.3, -0.25) is 4.79 Å². The van der Waals surface area contributed by atoms with Gasteiger partial charge in [0.05, 0.1) is 18.4 Å². The third-order valence-corrected chi connectivity index (χ3v) is 4.32. The maximum atomic E-state index is 12.9. The number of nitrogens with zero attached hydrogens (tertiary/aromatic N) is 2. The predicted molar refractivity (Wildman–Crippen MR) is 95.5 cm³/mol. The maximum absolute atomic E-state index is 12.9. The highest BCUT2D eigenvalue weighted by atomic mass is 79.9. The van der Waals surface area contributed by atoms with Gasteiger partial charge in [0.2, 0.25) is 0 Å². The monoisotopic (exact) mass is 387 g/mol. The lowest BCUT2D eigenvalue weighted by atomic mass is 10.2. The van der Waals surface area contributed by atoms with Crippen molar-refractivity contribution in [1.29, 1.82) is 0 Å². The van der Waals surface area contributed by atoms with Crippen molar-refractivity contribution >= 4 is 21.6 Å². The van der Waals surface area contributed by atoms with E-state index in [1.54, 1.807) is 18.3 Å². The minimum Gasteiger partial charge on any atom is -0.379 e. The predicted octanol–water partition coefficient (Wildman–Crippen LogP) is 3.81. The number of hydrogen-bond acceptors (Lipinski definition) is 3. The molecule has 0 aliphatic carbocycles. The van der Waals surface area contributed by atoms with Gasteiger partial charge in [-0.25, -0.2) is 9.07 Å². The lowest BCUT2D eigenvalue weighted by molar-refractivity contribution is 0.627. The first-order valence-corrected chi connectivity index (χ1v) is 8.20. The first-order chi connectivity index (χ1) is 11.6. The Morgan fingerprint density at radius 2 is 1.75 bits per heavy atom. The zero-order valence-corrected chi connectivity index (χ0v) is 14.3. The quantitative estimate of drug-likeness (QED) is 0.723. The van der Waals surface area contributed by atoms with Crippen LogP contribution in [0.15, 0.2) is 70.1 Å². The summed E-state index contributed by atoms with van der Waals surface area (Å²) in [6.45, 7) is 0.888. The van der Waals surface area contributed by atoms with Gasteiger partial charge in [0.15, 0.2) is 0 Å². The molecule has 122 valence electrons. The lowest BCUT2D eigenvalue weighted by Gasteiger charge is -2.11. The van der Waals surface area contributed by atoms with Crippen LogP contribution in [-0.4, -0.2) is 9.78 Å². The fourth-order valence-electron chi connectivity index (χ4n) is 2.26. The summed E-state index contributed by atoms with van der Waals surface area (Å²) in [4.78, 5) is 12.4. The Balaban J connectivity index is 1.75. The van der Waals surface area contributed by atoms with Gasteiger partial charge in [0.1, 0.15) is 10.3 Å². The molecule has 0 unspecified atom stereocenters. The van der Waals surface area contributed by atoms with Crippen LogP contribution in [0.25, 0.3) is 0 Å². The summed E-state index contributed by atoms with van der Waals surface area (Å²) in [5.74, 6) is -0.273. The molecule has 1 heterocycles. The standard InChI is InChI=1S/C18H15BrFN3O/c19-17-16(21-10-13-6-8-15(20)9-7-13)11-22-23(18(17)24)12-14-4-2-1-3-5-14/h1-9,11,21H,10,12H2. The Morgan fingerprint density at radius 3 is 2.46 bits per heavy atom. The maximum Gasteiger partial charge on any atom is 0.283 e. The summed E-state index contributed by atoms with van der Waals surface area (Å²) in [6, 6.07) is 15.9. The molecule has 3 aromatic rings. The topological polar surface area (TPSA) is 46.9 Å². The number of nitrogens with one attached hydrogen (secondary N) is 1. The second-order valence-electron chi connectivity index (χ2n) is 5.30. The molecular formula is C18H15BrFN3O. The lowest BCUT2D eigenvalue weighted by Crippen LogP contribution is -2.25. The van der Waals surface area contributed by atoms with E-state index in [0.717, 1.165) is 11.1 Å². The van der Waals surface area contributed by atoms with Gasteiger partial charge in [-0.15, -0.1) is 0 Å². The largest absolute Gasteiger partial charge is 0.379 e. The normalized spacial score (nSPS) is 10.6. The van der Waals surface area contributed by atoms with Crippen LogP contribution in [-0.2, 0) is 13.1 Å². The van der Waals surface area contributed by atoms with E-state index in [1.165, 1.54) is 16.8 Å². The van der Waals surface area contributed by atoms with Crippen LogP contribution in [0.2, 0.25) is 0 Å². The molecular weight excluding hydrogens is 373 g/mol. The Labute approximate surface area is 147 Å². The van der Waals surface area contributed by atoms with Crippen LogP contribution in [0.1, 0.15) is 11.1 Å². The molecule has 24 heavy (non-hydrogen) atoms. The fourth-order valence-corrected chi connectivity index (χ4v) is 2.70. The van der Waals surface area contributed by atoms with Crippen molar-refractivity contribution in [2.45, 2.75) is 13.1 Å². The molecule has 0 bridgehead atoms. The molecule has 0 saturated carbocycles. The van der Waals surface area contributed by atoms with Gasteiger partial charge in [0.25, 0.3) is 5.56 Å². The minimum absolute atomic E-state index is 0.206. The van der Waals surface area contributed by atoms with E-state index in [1.807, 2.05) is 30.3 Å². The van der Waals surface area contributed by atoms with Crippen LogP contribution in [0.5, 0.6) is 0 Å². The van der Waals surface area contributed by atoms with Crippen LogP contribution in [0, 0.1) is 5.82 Å². The molecule has 0 radical (unpaired) electrons. The summed E-state index contributed by atoms with van der Waals surface area (Å²) in [5.41, 5.74) is 2.32. The molecule has 0 fully saturated rings. The number of anilines is 1. The SMILES string of the molecule is O=c1c(Br)c(NCc2ccc(F)cc2)cnn1Cc1ccccc1. The molecule has 0 amide bonds. The van der Waals surface area contributed by atoms with E-state index in [2.05, 4.69) is 26.3 Å². The van der Waals surface area contributed by atoms with Crippen molar-refractivity contribution in [3.05, 3.63) is 92.6 Å². The summed E-state index contributed by atoms with van der Waals surface area (Å²) < 4.78 is 14.7. The van der Waals surface area contributed by atoms with Gasteiger partial charge in [0, 0.05) is 6.54 Å². The third kappa shape index (κ3) is 3.89. The molecule has 1 aromatic heterocycles. The summed E-state index contributed by atoms with van der Waals surface area (Å²) in [7, 11) is 0. The Morgan fingerprint density at radius 1 is 1.04 bits per heavy atom. The van der Waals surface area contributed by atoms with Crippen LogP contribution in [0.3, 0.4) is 0 Å². The summed E-state index contributed by atoms with van der Waals surface area (Å²) in [5, 5.41) is 7.35. The smallest absolute Gasteiger partial charge is 0.283 e. The highest BCUT2D eigenvalue weighted by Crippen LogP contribution is 2.17. The second-order valence-corrected chi connectivity index (χ2v) is 6.09. The van der Waals surface area contributed by atoms with Gasteiger partial charge >= 0.3 is 0 Å². The fraction of sp³-hybridized carbons (Fsp3) is 0.111. The number of rotatable bonds is 5. The molecule has 3 rings (SSSR count). The highest BCUT2D eigenvalue weighted by Gasteiger charge is 2.09. The Bertz CT molecular complexity index is 879. The van der Waals surface area contributed by atoms with Crippen molar-refractivity contribution in [3.8, 4) is 0 Å². The summed E-state index contributed by atoms with van der Waals surface area (Å²) >= 11 is 3.33. The van der Waals surface area contributed by atoms with E-state index in [0.29, 0.717) is 23.2 Å². The van der Waals surface area contributed by atoms with Gasteiger partial charge in [-0.05, 0) is 39.2 Å². The second kappa shape index (κ2) is 7.40. The number of halogens is 2. The molecule has 1 N–H and O–H groups in total. The number of benzene rings is 2. The van der Waals surface area contributed by atoms with E-state index < -0.39 is 0 Å². The van der Waals surface area contributed by atoms with E-state index in [4.69, 9.17) is 0 Å². The van der Waals surface area contributed by atoms with Crippen LogP contribution in [0.4, 0.5) is 10.1 Å². The van der Waals surface area contributed by atoms with Crippen molar-refractivity contribution in [2.24, 2.45) is 0 Å². The van der Waals surface area contributed by atoms with Crippen molar-refractivity contribution in [3.63, 3.8) is 0 Å². The van der Waals surface area contributed by atoms with Gasteiger partial charge < -0.3 is 5.32 Å². The average molecular weight is 388 g/mol. The van der Waals surface area contributed by atoms with Crippen molar-refractivity contribution in [2.75, 3.05) is 5.32 Å². The minimum atomic E-state index is -0.273. The van der Waals surface area contributed by atoms with E-state index in [9.17, 15) is 9.18 Å². The number of hydrogen-bond donors (Lipinski definition) is 1. The molecule has 0 atom stereocenters. The molecule has 6 heteroatoms. The molecule has 0 aliphatic heterocycles. The van der Waals surface area contributed by atoms with Crippen molar-refractivity contribution < 1.29 is 4.39 Å². The molecule has 4 nitrogen and oxygen atoms in total. The summed E-state index contributed by atoms with van der Waals surface area (Å²) in [6.07, 6.45) is 1.61. The van der Waals surface area contributed by atoms with E-state index in [-0.39, 0.29) is 11.4 Å². The first kappa shape index (κ1) is 16.4. The molecule has 0 spiro atoms. The zero-order chi connectivity index (χ0) is 16.9. The third-order valence-electron chi connectivity index (χ3n) is 3.56. The van der Waals surface area contributed by atoms with Crippen LogP contribution >= 0.6 is 15.9 Å². The van der Waals surface area contributed by atoms with Gasteiger partial charge in [-0.2, -0.15) is 5.10 Å². The molecule has 2 aromatic carbocycles. The average Bonchev–Trinajstić information content (AvgIpc) is 2.61. The first-order valence-electron chi connectivity index (χ1n) is 7.41. The van der Waals surface area contributed by atoms with Crippen molar-refractivity contribution in [1.82, 2.24) is 9.78 Å². The number of aromatic nitrogens is 2.